The van der Waals surface area contributed by atoms with Crippen molar-refractivity contribution in [3.05, 3.63) is 66.5 Å². The molecule has 2 rings (SSSR count). The molecule has 0 atom stereocenters. The van der Waals surface area contributed by atoms with Gasteiger partial charge in [0.1, 0.15) is 0 Å². The second kappa shape index (κ2) is 7.76. The van der Waals surface area contributed by atoms with E-state index in [4.69, 9.17) is 17.8 Å². The Kier molecular flexibility index (Phi) is 6.32. The van der Waals surface area contributed by atoms with Gasteiger partial charge in [-0.05, 0) is 5.56 Å². The van der Waals surface area contributed by atoms with Gasteiger partial charge in [0.15, 0.2) is 16.7 Å². The normalized spacial score (nSPS) is 11.3. The van der Waals surface area contributed by atoms with E-state index in [1.165, 1.54) is 5.56 Å². The first-order valence-electron chi connectivity index (χ1n) is 5.86. The summed E-state index contributed by atoms with van der Waals surface area (Å²) in [6.07, 6.45) is 3.76. The molecule has 5 nitrogen and oxygen atoms in total. The van der Waals surface area contributed by atoms with Gasteiger partial charge in [0.25, 0.3) is 0 Å². The molecule has 22 heavy (non-hydrogen) atoms. The Labute approximate surface area is 125 Å². The SMILES string of the molecule is O=S(=O)([O-])C(F)(F)F.c1ccc(CO[n+]2ccccc2)cc1. The highest BCUT2D eigenvalue weighted by atomic mass is 32.2. The maximum absolute atomic E-state index is 10.7. The Balaban J connectivity index is 0.000000261. The molecule has 0 N–H and O–H groups in total. The van der Waals surface area contributed by atoms with Gasteiger partial charge in [0.05, 0.1) is 0 Å². The summed E-state index contributed by atoms with van der Waals surface area (Å²) in [6.45, 7) is 0.593. The zero-order chi connectivity index (χ0) is 16.6. The summed E-state index contributed by atoms with van der Waals surface area (Å²) in [5, 5.41) is 0. The van der Waals surface area contributed by atoms with Gasteiger partial charge in [0.2, 0.25) is 12.4 Å². The predicted molar refractivity (Wildman–Crippen MR) is 69.1 cm³/mol. The number of nitrogens with zero attached hydrogens (tertiary/aromatic N) is 1. The van der Waals surface area contributed by atoms with E-state index in [1.807, 2.05) is 60.9 Å². The van der Waals surface area contributed by atoms with E-state index >= 15 is 0 Å². The van der Waals surface area contributed by atoms with Crippen LogP contribution in [-0.2, 0) is 16.7 Å². The van der Waals surface area contributed by atoms with E-state index in [2.05, 4.69) is 0 Å². The third kappa shape index (κ3) is 6.55. The third-order valence-corrected chi connectivity index (χ3v) is 2.76. The van der Waals surface area contributed by atoms with Crippen molar-refractivity contribution in [2.75, 3.05) is 0 Å². The molecule has 0 saturated carbocycles. The van der Waals surface area contributed by atoms with Crippen LogP contribution in [-0.4, -0.2) is 18.5 Å². The van der Waals surface area contributed by atoms with Crippen molar-refractivity contribution in [3.8, 4) is 0 Å². The highest BCUT2D eigenvalue weighted by Gasteiger charge is 2.36. The van der Waals surface area contributed by atoms with Crippen LogP contribution < -0.4 is 9.57 Å². The maximum Gasteiger partial charge on any atom is 0.485 e. The molecule has 0 fully saturated rings. The van der Waals surface area contributed by atoms with Gasteiger partial charge in [-0.15, -0.1) is 0 Å². The summed E-state index contributed by atoms with van der Waals surface area (Å²) in [6, 6.07) is 15.9. The summed E-state index contributed by atoms with van der Waals surface area (Å²) >= 11 is 0. The molecule has 0 bridgehead atoms. The molecular formula is C13H12F3NO4S. The van der Waals surface area contributed by atoms with Crippen LogP contribution in [0.2, 0.25) is 0 Å². The maximum atomic E-state index is 10.7. The minimum absolute atomic E-state index is 0.593. The monoisotopic (exact) mass is 335 g/mol. The van der Waals surface area contributed by atoms with Crippen LogP contribution in [0.25, 0.3) is 0 Å². The van der Waals surface area contributed by atoms with E-state index < -0.39 is 15.6 Å². The standard InChI is InChI=1S/C12H12NO.CHF3O3S/c1-3-7-12(8-4-1)11-14-13-9-5-2-6-10-13;2-1(3,4)8(5,6)7/h1-10H,11H2;(H,5,6,7)/q+1;/p-1. The molecule has 0 amide bonds. The quantitative estimate of drug-likeness (QED) is 0.486. The lowest BCUT2D eigenvalue weighted by molar-refractivity contribution is -0.895. The van der Waals surface area contributed by atoms with Gasteiger partial charge in [-0.25, -0.2) is 8.42 Å². The fourth-order valence-electron chi connectivity index (χ4n) is 1.19. The summed E-state index contributed by atoms with van der Waals surface area (Å²) in [7, 11) is -6.09. The van der Waals surface area contributed by atoms with Crippen molar-refractivity contribution in [2.45, 2.75) is 12.1 Å². The Hall–Kier alpha value is -2.13. The number of hydrogen-bond donors (Lipinski definition) is 0. The minimum Gasteiger partial charge on any atom is -0.741 e. The Morgan fingerprint density at radius 3 is 1.91 bits per heavy atom. The van der Waals surface area contributed by atoms with E-state index in [-0.39, 0.29) is 0 Å². The van der Waals surface area contributed by atoms with Crippen LogP contribution in [0.5, 0.6) is 0 Å². The average Bonchev–Trinajstić information content (AvgIpc) is 2.46. The van der Waals surface area contributed by atoms with Crippen LogP contribution in [0.4, 0.5) is 13.2 Å². The molecule has 1 aromatic carbocycles. The molecule has 0 spiro atoms. The second-order valence-electron chi connectivity index (χ2n) is 3.89. The second-order valence-corrected chi connectivity index (χ2v) is 5.27. The van der Waals surface area contributed by atoms with Gasteiger partial charge in [0, 0.05) is 16.9 Å². The number of alkyl halides is 3. The fraction of sp³-hybridized carbons (Fsp3) is 0.154. The van der Waals surface area contributed by atoms with Gasteiger partial charge < -0.3 is 4.55 Å². The molecule has 1 aromatic heterocycles. The molecule has 2 aromatic rings. The number of pyridine rings is 1. The first kappa shape index (κ1) is 17.9. The van der Waals surface area contributed by atoms with Gasteiger partial charge >= 0.3 is 5.51 Å². The summed E-state index contributed by atoms with van der Waals surface area (Å²) < 4.78 is 60.6. The molecule has 0 saturated heterocycles. The molecule has 0 aliphatic heterocycles. The van der Waals surface area contributed by atoms with Crippen molar-refractivity contribution >= 4 is 10.1 Å². The molecule has 0 aliphatic carbocycles. The van der Waals surface area contributed by atoms with E-state index in [1.54, 1.807) is 4.73 Å². The first-order chi connectivity index (χ1) is 10.2. The molecule has 0 unspecified atom stereocenters. The zero-order valence-corrected chi connectivity index (χ0v) is 11.9. The molecule has 0 aliphatic rings. The number of hydrogen-bond acceptors (Lipinski definition) is 4. The van der Waals surface area contributed by atoms with E-state index in [9.17, 15) is 13.2 Å². The lowest BCUT2D eigenvalue weighted by atomic mass is 10.2. The van der Waals surface area contributed by atoms with E-state index in [0.29, 0.717) is 6.61 Å². The smallest absolute Gasteiger partial charge is 0.485 e. The van der Waals surface area contributed by atoms with Gasteiger partial charge in [-0.1, -0.05) is 36.4 Å². The summed E-state index contributed by atoms with van der Waals surface area (Å²) in [5.74, 6) is 0. The average molecular weight is 335 g/mol. The molecule has 1 heterocycles. The van der Waals surface area contributed by atoms with Gasteiger partial charge in [-0.3, -0.25) is 4.84 Å². The van der Waals surface area contributed by atoms with Crippen molar-refractivity contribution in [1.29, 1.82) is 0 Å². The number of aromatic nitrogens is 1. The lowest BCUT2D eigenvalue weighted by Gasteiger charge is -2.08. The van der Waals surface area contributed by atoms with Crippen LogP contribution in [0, 0.1) is 0 Å². The highest BCUT2D eigenvalue weighted by Crippen LogP contribution is 2.20. The van der Waals surface area contributed by atoms with Crippen LogP contribution in [0.3, 0.4) is 0 Å². The first-order valence-corrected chi connectivity index (χ1v) is 7.26. The summed E-state index contributed by atoms with van der Waals surface area (Å²) in [4.78, 5) is 5.51. The Morgan fingerprint density at radius 1 is 1.00 bits per heavy atom. The topological polar surface area (TPSA) is 70.3 Å². The zero-order valence-electron chi connectivity index (χ0n) is 11.1. The third-order valence-electron chi connectivity index (χ3n) is 2.19. The van der Waals surface area contributed by atoms with Crippen molar-refractivity contribution in [1.82, 2.24) is 0 Å². The van der Waals surface area contributed by atoms with Crippen LogP contribution in [0.1, 0.15) is 5.56 Å². The molecule has 0 radical (unpaired) electrons. The fourth-order valence-corrected chi connectivity index (χ4v) is 1.19. The minimum atomic E-state index is -6.09. The number of rotatable bonds is 3. The Bertz CT molecular complexity index is 621. The molecular weight excluding hydrogens is 323 g/mol. The van der Waals surface area contributed by atoms with Crippen LogP contribution in [0.15, 0.2) is 60.9 Å². The number of halogens is 3. The Morgan fingerprint density at radius 2 is 1.45 bits per heavy atom. The predicted octanol–water partition coefficient (Wildman–Crippen LogP) is 1.65. The van der Waals surface area contributed by atoms with Crippen molar-refractivity contribution < 1.29 is 35.7 Å². The number of benzene rings is 1. The molecule has 9 heteroatoms. The highest BCUT2D eigenvalue weighted by molar-refractivity contribution is 7.86. The lowest BCUT2D eigenvalue weighted by Crippen LogP contribution is -2.41. The molecule has 120 valence electrons. The van der Waals surface area contributed by atoms with Crippen molar-refractivity contribution in [3.63, 3.8) is 0 Å². The van der Waals surface area contributed by atoms with E-state index in [0.717, 1.165) is 0 Å². The summed E-state index contributed by atoms with van der Waals surface area (Å²) in [5.41, 5.74) is -4.48. The van der Waals surface area contributed by atoms with Gasteiger partial charge in [-0.2, -0.15) is 13.2 Å². The van der Waals surface area contributed by atoms with Crippen LogP contribution >= 0.6 is 0 Å². The largest absolute Gasteiger partial charge is 0.741 e. The van der Waals surface area contributed by atoms with Crippen molar-refractivity contribution in [2.24, 2.45) is 0 Å².